The van der Waals surface area contributed by atoms with E-state index in [4.69, 9.17) is 4.74 Å². The summed E-state index contributed by atoms with van der Waals surface area (Å²) in [5.41, 5.74) is 1.33. The first kappa shape index (κ1) is 16.7. The summed E-state index contributed by atoms with van der Waals surface area (Å²) in [6.07, 6.45) is 7.95. The molecule has 1 aliphatic carbocycles. The van der Waals surface area contributed by atoms with E-state index < -0.39 is 0 Å². The average Bonchev–Trinajstić information content (AvgIpc) is 2.69. The molecule has 130 valence electrons. The molecule has 1 heterocycles. The number of Topliss-reactive ketones (excluding diaryl/α,β-unsaturated/α-hetero) is 1. The Kier molecular flexibility index (Phi) is 4.43. The maximum absolute atomic E-state index is 12.9. The fourth-order valence-electron chi connectivity index (χ4n) is 3.28. The van der Waals surface area contributed by atoms with Gasteiger partial charge in [-0.3, -0.25) is 4.79 Å². The number of esters is 1. The standard InChI is InChI=1S/C22H18O3S/c1-2-25-22(24)15-11-13-16(14-12-15)26-19-9-5-3-7-17(19)21(23)18-8-4-6-10-20(18)26/h3-14,17H,2H2,1H3. The lowest BCUT2D eigenvalue weighted by atomic mass is 9.91. The van der Waals surface area contributed by atoms with E-state index in [1.165, 1.54) is 0 Å². The first-order chi connectivity index (χ1) is 12.7. The first-order valence-corrected chi connectivity index (χ1v) is 9.79. The van der Waals surface area contributed by atoms with Gasteiger partial charge in [0.05, 0.1) is 18.1 Å². The Bertz CT molecular complexity index is 981. The van der Waals surface area contributed by atoms with Crippen LogP contribution in [0.5, 0.6) is 0 Å². The van der Waals surface area contributed by atoms with Gasteiger partial charge in [-0.1, -0.05) is 42.5 Å². The third-order valence-corrected chi connectivity index (χ3v) is 6.87. The van der Waals surface area contributed by atoms with Crippen molar-refractivity contribution in [1.29, 1.82) is 0 Å². The summed E-state index contributed by atoms with van der Waals surface area (Å²) < 4.78 is 5.06. The normalized spacial score (nSPS) is 20.5. The second-order valence-corrected chi connectivity index (χ2v) is 8.03. The van der Waals surface area contributed by atoms with Crippen LogP contribution >= 0.6 is 10.5 Å². The molecule has 0 radical (unpaired) electrons. The van der Waals surface area contributed by atoms with E-state index in [2.05, 4.69) is 6.08 Å². The summed E-state index contributed by atoms with van der Waals surface area (Å²) in [5.74, 6) is -0.362. The number of hydrogen-bond donors (Lipinski definition) is 0. The van der Waals surface area contributed by atoms with Crippen molar-refractivity contribution in [2.24, 2.45) is 5.92 Å². The van der Waals surface area contributed by atoms with Crippen LogP contribution < -0.4 is 0 Å². The Morgan fingerprint density at radius 1 is 1.08 bits per heavy atom. The van der Waals surface area contributed by atoms with Gasteiger partial charge < -0.3 is 4.74 Å². The van der Waals surface area contributed by atoms with Gasteiger partial charge in [0, 0.05) is 15.4 Å². The lowest BCUT2D eigenvalue weighted by Gasteiger charge is -2.28. The molecule has 0 spiro atoms. The molecule has 2 aromatic carbocycles. The van der Waals surface area contributed by atoms with Crippen molar-refractivity contribution in [3.05, 3.63) is 84.0 Å². The Hall–Kier alpha value is -2.72. The number of allylic oxidation sites excluding steroid dienone is 4. The minimum absolute atomic E-state index is 0.156. The summed E-state index contributed by atoms with van der Waals surface area (Å²) in [6.45, 7) is 2.15. The fraction of sp³-hybridized carbons (Fsp3) is 0.136. The van der Waals surface area contributed by atoms with Gasteiger partial charge in [-0.2, -0.15) is 0 Å². The van der Waals surface area contributed by atoms with Crippen LogP contribution in [-0.4, -0.2) is 23.2 Å². The summed E-state index contributed by atoms with van der Waals surface area (Å²) in [7, 11) is -0.340. The molecule has 0 saturated carbocycles. The van der Waals surface area contributed by atoms with Crippen LogP contribution in [0.15, 0.2) is 82.6 Å². The predicted octanol–water partition coefficient (Wildman–Crippen LogP) is 4.66. The molecule has 0 aromatic heterocycles. The maximum atomic E-state index is 12.9. The van der Waals surface area contributed by atoms with Crippen molar-refractivity contribution in [3.63, 3.8) is 0 Å². The lowest BCUT2D eigenvalue weighted by molar-refractivity contribution is 0.0526. The number of rotatable bonds is 3. The van der Waals surface area contributed by atoms with E-state index in [9.17, 15) is 9.59 Å². The highest BCUT2D eigenvalue weighted by molar-refractivity contribution is 8.16. The van der Waals surface area contributed by atoms with Crippen LogP contribution in [0.3, 0.4) is 0 Å². The van der Waals surface area contributed by atoms with Gasteiger partial charge in [0.2, 0.25) is 0 Å². The lowest BCUT2D eigenvalue weighted by Crippen LogP contribution is -2.27. The molecule has 3 nitrogen and oxygen atoms in total. The third kappa shape index (κ3) is 2.76. The van der Waals surface area contributed by atoms with Gasteiger partial charge in [0.15, 0.2) is 5.78 Å². The van der Waals surface area contributed by atoms with E-state index in [0.717, 1.165) is 20.2 Å². The van der Waals surface area contributed by atoms with Crippen LogP contribution in [0.25, 0.3) is 0 Å². The van der Waals surface area contributed by atoms with Crippen molar-refractivity contribution in [1.82, 2.24) is 0 Å². The zero-order valence-corrected chi connectivity index (χ0v) is 15.2. The van der Waals surface area contributed by atoms with Crippen LogP contribution in [0.4, 0.5) is 0 Å². The second kappa shape index (κ2) is 6.89. The van der Waals surface area contributed by atoms with Gasteiger partial charge >= 0.3 is 5.97 Å². The molecule has 26 heavy (non-hydrogen) atoms. The number of carbonyl (C=O) groups excluding carboxylic acids is 2. The van der Waals surface area contributed by atoms with Crippen molar-refractivity contribution in [2.45, 2.75) is 16.7 Å². The highest BCUT2D eigenvalue weighted by atomic mass is 32.2. The van der Waals surface area contributed by atoms with E-state index in [0.29, 0.717) is 12.2 Å². The number of ether oxygens (including phenoxy) is 1. The van der Waals surface area contributed by atoms with Gasteiger partial charge in [-0.15, -0.1) is 10.5 Å². The van der Waals surface area contributed by atoms with Crippen LogP contribution in [-0.2, 0) is 4.74 Å². The molecule has 4 rings (SSSR count). The quantitative estimate of drug-likeness (QED) is 0.589. The van der Waals surface area contributed by atoms with Crippen molar-refractivity contribution in [2.75, 3.05) is 6.61 Å². The Balaban J connectivity index is 1.86. The van der Waals surface area contributed by atoms with E-state index in [-0.39, 0.29) is 28.2 Å². The number of hydrogen-bond acceptors (Lipinski definition) is 3. The molecule has 2 unspecified atom stereocenters. The first-order valence-electron chi connectivity index (χ1n) is 8.57. The highest BCUT2D eigenvalue weighted by Crippen LogP contribution is 2.46. The van der Waals surface area contributed by atoms with Crippen LogP contribution in [0, 0.1) is 5.92 Å². The van der Waals surface area contributed by atoms with Crippen LogP contribution in [0.1, 0.15) is 27.6 Å². The van der Waals surface area contributed by atoms with E-state index in [1.807, 2.05) is 54.6 Å². The molecular weight excluding hydrogens is 344 g/mol. The Labute approximate surface area is 154 Å². The molecule has 4 heteroatoms. The van der Waals surface area contributed by atoms with Gasteiger partial charge in [-0.05, 0) is 42.1 Å². The third-order valence-electron chi connectivity index (χ3n) is 4.47. The summed E-state index contributed by atoms with van der Waals surface area (Å²) in [4.78, 5) is 28.0. The van der Waals surface area contributed by atoms with Crippen molar-refractivity contribution >= 4 is 27.1 Å². The monoisotopic (exact) mass is 362 g/mol. The van der Waals surface area contributed by atoms with Crippen molar-refractivity contribution in [3.8, 4) is 0 Å². The molecule has 0 bridgehead atoms. The molecule has 2 aliphatic rings. The van der Waals surface area contributed by atoms with Gasteiger partial charge in [-0.25, -0.2) is 4.79 Å². The van der Waals surface area contributed by atoms with Crippen molar-refractivity contribution < 1.29 is 14.3 Å². The molecule has 0 saturated heterocycles. The summed E-state index contributed by atoms with van der Waals surface area (Å²) in [5, 5.41) is 0. The minimum Gasteiger partial charge on any atom is -0.462 e. The Morgan fingerprint density at radius 2 is 1.85 bits per heavy atom. The number of ketones is 1. The summed E-state index contributed by atoms with van der Waals surface area (Å²) >= 11 is 0. The fourth-order valence-corrected chi connectivity index (χ4v) is 5.73. The maximum Gasteiger partial charge on any atom is 0.338 e. The van der Waals surface area contributed by atoms with E-state index in [1.54, 1.807) is 19.1 Å². The number of carbonyl (C=O) groups is 2. The molecule has 0 amide bonds. The predicted molar refractivity (Wildman–Crippen MR) is 104 cm³/mol. The smallest absolute Gasteiger partial charge is 0.338 e. The Morgan fingerprint density at radius 3 is 2.62 bits per heavy atom. The average molecular weight is 362 g/mol. The molecular formula is C22H18O3S. The zero-order valence-electron chi connectivity index (χ0n) is 14.3. The van der Waals surface area contributed by atoms with Gasteiger partial charge in [0.1, 0.15) is 0 Å². The topological polar surface area (TPSA) is 43.4 Å². The SMILES string of the molecule is CCOC(=O)c1ccc(S2=C3C=CC=CC3C(=O)c3ccccc32)cc1. The number of benzene rings is 2. The zero-order chi connectivity index (χ0) is 18.1. The van der Waals surface area contributed by atoms with Crippen LogP contribution in [0.2, 0.25) is 0 Å². The largest absolute Gasteiger partial charge is 0.462 e. The molecule has 2 atom stereocenters. The minimum atomic E-state index is -0.340. The molecule has 0 N–H and O–H groups in total. The molecule has 2 aromatic rings. The molecule has 0 fully saturated rings. The van der Waals surface area contributed by atoms with Gasteiger partial charge in [0.25, 0.3) is 0 Å². The second-order valence-electron chi connectivity index (χ2n) is 6.04. The van der Waals surface area contributed by atoms with E-state index >= 15 is 0 Å². The highest BCUT2D eigenvalue weighted by Gasteiger charge is 2.32. The summed E-state index contributed by atoms with van der Waals surface area (Å²) in [6, 6.07) is 15.4. The number of fused-ring (bicyclic) bond motifs is 2. The molecule has 1 aliphatic heterocycles.